The Morgan fingerprint density at radius 1 is 1.06 bits per heavy atom. The van der Waals surface area contributed by atoms with Gasteiger partial charge in [0.15, 0.2) is 0 Å². The summed E-state index contributed by atoms with van der Waals surface area (Å²) >= 11 is 0. The molecule has 1 aliphatic heterocycles. The van der Waals surface area contributed by atoms with Crippen LogP contribution in [0.15, 0.2) is 24.3 Å². The molecule has 1 fully saturated rings. The van der Waals surface area contributed by atoms with Crippen molar-refractivity contribution >= 4 is 0 Å². The number of nitrogens with one attached hydrogen (secondary N) is 1. The van der Waals surface area contributed by atoms with Gasteiger partial charge in [-0.05, 0) is 36.9 Å². The van der Waals surface area contributed by atoms with Gasteiger partial charge in [-0.3, -0.25) is 4.90 Å². The molecule has 0 aromatic heterocycles. The molecule has 0 unspecified atom stereocenters. The number of benzene rings is 1. The van der Waals surface area contributed by atoms with Crippen molar-refractivity contribution in [2.45, 2.75) is 51.2 Å². The molecule has 1 heterocycles. The van der Waals surface area contributed by atoms with Crippen LogP contribution in [0.2, 0.25) is 0 Å². The largest absolute Gasteiger partial charge is 0.314 e. The topological polar surface area (TPSA) is 15.3 Å². The maximum absolute atomic E-state index is 3.70. The van der Waals surface area contributed by atoms with Crippen LogP contribution in [-0.4, -0.2) is 24.0 Å². The van der Waals surface area contributed by atoms with Crippen LogP contribution in [0.4, 0.5) is 0 Å². The smallest absolute Gasteiger partial charge is 0.0240 e. The minimum absolute atomic E-state index is 0.820. The lowest BCUT2D eigenvalue weighted by atomic mass is 10.1. The molecule has 0 saturated heterocycles. The van der Waals surface area contributed by atoms with E-state index in [4.69, 9.17) is 0 Å². The number of fused-ring (bicyclic) bond motifs is 1. The highest BCUT2D eigenvalue weighted by Gasteiger charge is 2.18. The Labute approximate surface area is 110 Å². The molecule has 0 bridgehead atoms. The third kappa shape index (κ3) is 2.93. The number of hydrogen-bond donors (Lipinski definition) is 1. The highest BCUT2D eigenvalue weighted by Crippen LogP contribution is 2.22. The van der Waals surface area contributed by atoms with Crippen LogP contribution in [0.3, 0.4) is 0 Å². The molecule has 0 spiro atoms. The minimum atomic E-state index is 0.820. The van der Waals surface area contributed by atoms with Gasteiger partial charge in [0, 0.05) is 25.7 Å². The molecule has 18 heavy (non-hydrogen) atoms. The predicted molar refractivity (Wildman–Crippen MR) is 75.4 cm³/mol. The molecule has 0 amide bonds. The van der Waals surface area contributed by atoms with Gasteiger partial charge in [-0.1, -0.05) is 37.1 Å². The molecule has 2 aliphatic rings. The summed E-state index contributed by atoms with van der Waals surface area (Å²) in [6, 6.07) is 9.67. The standard InChI is InChI=1S/C16H24N2/c1-2-7-15-13-18(12-14(15)6-1)11-5-10-17-16-8-3-4-9-16/h1-2,6-7,16-17H,3-5,8-13H2. The average molecular weight is 244 g/mol. The minimum Gasteiger partial charge on any atom is -0.314 e. The van der Waals surface area contributed by atoms with Crippen LogP contribution in [0.1, 0.15) is 43.2 Å². The summed E-state index contributed by atoms with van der Waals surface area (Å²) in [6.45, 7) is 4.73. The summed E-state index contributed by atoms with van der Waals surface area (Å²) in [5.74, 6) is 0. The first-order valence-corrected chi connectivity index (χ1v) is 7.44. The molecule has 3 rings (SSSR count). The second-order valence-electron chi connectivity index (χ2n) is 5.77. The molecule has 0 radical (unpaired) electrons. The van der Waals surface area contributed by atoms with Gasteiger partial charge < -0.3 is 5.32 Å². The van der Waals surface area contributed by atoms with Crippen LogP contribution in [0.25, 0.3) is 0 Å². The van der Waals surface area contributed by atoms with Crippen molar-refractivity contribution in [3.05, 3.63) is 35.4 Å². The Morgan fingerprint density at radius 2 is 1.72 bits per heavy atom. The van der Waals surface area contributed by atoms with Crippen molar-refractivity contribution < 1.29 is 0 Å². The molecule has 98 valence electrons. The fourth-order valence-corrected chi connectivity index (χ4v) is 3.30. The summed E-state index contributed by atoms with van der Waals surface area (Å²) in [4.78, 5) is 2.57. The number of hydrogen-bond acceptors (Lipinski definition) is 2. The molecular formula is C16H24N2. The van der Waals surface area contributed by atoms with Crippen molar-refractivity contribution in [3.8, 4) is 0 Å². The van der Waals surface area contributed by atoms with Gasteiger partial charge in [-0.2, -0.15) is 0 Å². The highest BCUT2D eigenvalue weighted by molar-refractivity contribution is 5.30. The third-order valence-corrected chi connectivity index (χ3v) is 4.35. The second kappa shape index (κ2) is 5.85. The Kier molecular flexibility index (Phi) is 3.96. The van der Waals surface area contributed by atoms with Crippen LogP contribution in [-0.2, 0) is 13.1 Å². The van der Waals surface area contributed by atoms with E-state index in [9.17, 15) is 0 Å². The molecule has 1 aromatic carbocycles. The molecule has 1 aromatic rings. The number of nitrogens with zero attached hydrogens (tertiary/aromatic N) is 1. The van der Waals surface area contributed by atoms with E-state index in [0.717, 1.165) is 19.1 Å². The van der Waals surface area contributed by atoms with E-state index in [1.807, 2.05) is 0 Å². The summed E-state index contributed by atoms with van der Waals surface area (Å²) in [5, 5.41) is 3.70. The third-order valence-electron chi connectivity index (χ3n) is 4.35. The van der Waals surface area contributed by atoms with E-state index in [-0.39, 0.29) is 0 Å². The molecular weight excluding hydrogens is 220 g/mol. The van der Waals surface area contributed by atoms with Crippen molar-refractivity contribution in [2.75, 3.05) is 13.1 Å². The van der Waals surface area contributed by atoms with Gasteiger partial charge >= 0.3 is 0 Å². The van der Waals surface area contributed by atoms with E-state index < -0.39 is 0 Å². The zero-order valence-electron chi connectivity index (χ0n) is 11.2. The SMILES string of the molecule is c1ccc2c(c1)CN(CCCNC1CCCC1)C2. The van der Waals surface area contributed by atoms with E-state index in [0.29, 0.717) is 0 Å². The van der Waals surface area contributed by atoms with Crippen molar-refractivity contribution in [1.82, 2.24) is 10.2 Å². The van der Waals surface area contributed by atoms with E-state index in [1.54, 1.807) is 0 Å². The highest BCUT2D eigenvalue weighted by atomic mass is 15.1. The summed E-state index contributed by atoms with van der Waals surface area (Å²) in [5.41, 5.74) is 3.06. The Balaban J connectivity index is 1.35. The van der Waals surface area contributed by atoms with Gasteiger partial charge in [0.2, 0.25) is 0 Å². The van der Waals surface area contributed by atoms with E-state index in [2.05, 4.69) is 34.5 Å². The summed E-state index contributed by atoms with van der Waals surface area (Å²) < 4.78 is 0. The van der Waals surface area contributed by atoms with Crippen LogP contribution < -0.4 is 5.32 Å². The van der Waals surface area contributed by atoms with Crippen molar-refractivity contribution in [3.63, 3.8) is 0 Å². The van der Waals surface area contributed by atoms with Crippen LogP contribution >= 0.6 is 0 Å². The Morgan fingerprint density at radius 3 is 2.39 bits per heavy atom. The lowest BCUT2D eigenvalue weighted by Gasteiger charge is -2.16. The monoisotopic (exact) mass is 244 g/mol. The Bertz CT molecular complexity index is 357. The van der Waals surface area contributed by atoms with Gasteiger partial charge in [-0.15, -0.1) is 0 Å². The van der Waals surface area contributed by atoms with Gasteiger partial charge in [0.25, 0.3) is 0 Å². The molecule has 0 atom stereocenters. The quantitative estimate of drug-likeness (QED) is 0.801. The first-order valence-electron chi connectivity index (χ1n) is 7.44. The van der Waals surface area contributed by atoms with Gasteiger partial charge in [0.1, 0.15) is 0 Å². The van der Waals surface area contributed by atoms with Crippen LogP contribution in [0.5, 0.6) is 0 Å². The fraction of sp³-hybridized carbons (Fsp3) is 0.625. The van der Waals surface area contributed by atoms with E-state index in [1.165, 1.54) is 56.3 Å². The zero-order chi connectivity index (χ0) is 12.2. The van der Waals surface area contributed by atoms with Gasteiger partial charge in [-0.25, -0.2) is 0 Å². The molecule has 1 aliphatic carbocycles. The fourth-order valence-electron chi connectivity index (χ4n) is 3.30. The van der Waals surface area contributed by atoms with Gasteiger partial charge in [0.05, 0.1) is 0 Å². The zero-order valence-corrected chi connectivity index (χ0v) is 11.2. The van der Waals surface area contributed by atoms with Crippen molar-refractivity contribution in [2.24, 2.45) is 0 Å². The average Bonchev–Trinajstić information content (AvgIpc) is 3.03. The molecule has 1 saturated carbocycles. The number of rotatable bonds is 5. The maximum Gasteiger partial charge on any atom is 0.0240 e. The summed E-state index contributed by atoms with van der Waals surface area (Å²) in [7, 11) is 0. The summed E-state index contributed by atoms with van der Waals surface area (Å²) in [6.07, 6.45) is 6.94. The second-order valence-corrected chi connectivity index (χ2v) is 5.77. The molecule has 1 N–H and O–H groups in total. The lowest BCUT2D eigenvalue weighted by molar-refractivity contribution is 0.277. The Hall–Kier alpha value is -0.860. The predicted octanol–water partition coefficient (Wildman–Crippen LogP) is 2.92. The normalized spacial score (nSPS) is 20.4. The van der Waals surface area contributed by atoms with E-state index >= 15 is 0 Å². The molecule has 2 heteroatoms. The molecule has 2 nitrogen and oxygen atoms in total. The first-order chi connectivity index (χ1) is 8.92. The maximum atomic E-state index is 3.70. The van der Waals surface area contributed by atoms with Crippen molar-refractivity contribution in [1.29, 1.82) is 0 Å². The first kappa shape index (κ1) is 12.2. The lowest BCUT2D eigenvalue weighted by Crippen LogP contribution is -2.29. The van der Waals surface area contributed by atoms with Crippen LogP contribution in [0, 0.1) is 0 Å².